The van der Waals surface area contributed by atoms with Crippen LogP contribution in [0, 0.1) is 0 Å². The van der Waals surface area contributed by atoms with Gasteiger partial charge in [0.2, 0.25) is 0 Å². The number of hydrogen-bond acceptors (Lipinski definition) is 2. The molecule has 1 aliphatic rings. The van der Waals surface area contributed by atoms with Crippen molar-refractivity contribution < 1.29 is 4.79 Å². The molecule has 0 aliphatic heterocycles. The lowest BCUT2D eigenvalue weighted by Crippen LogP contribution is -2.25. The van der Waals surface area contributed by atoms with E-state index in [1.165, 1.54) is 0 Å². The second-order valence-corrected chi connectivity index (χ2v) is 6.66. The summed E-state index contributed by atoms with van der Waals surface area (Å²) in [4.78, 5) is 27.8. The molecule has 0 saturated heterocycles. The molecule has 0 spiro atoms. The van der Waals surface area contributed by atoms with Gasteiger partial charge >= 0.3 is 0 Å². The van der Waals surface area contributed by atoms with Gasteiger partial charge in [-0.05, 0) is 43.5 Å². The Labute approximate surface area is 151 Å². The molecule has 26 heavy (non-hydrogen) atoms. The van der Waals surface area contributed by atoms with Gasteiger partial charge in [0.25, 0.3) is 11.5 Å². The number of allylic oxidation sites excluding steroid dienone is 2. The molecule has 1 saturated carbocycles. The van der Waals surface area contributed by atoms with Gasteiger partial charge in [-0.25, -0.2) is 0 Å². The lowest BCUT2D eigenvalue weighted by molar-refractivity contribution is 0.0951. The van der Waals surface area contributed by atoms with Crippen LogP contribution in [0.5, 0.6) is 0 Å². The van der Waals surface area contributed by atoms with Crippen molar-refractivity contribution in [2.45, 2.75) is 32.4 Å². The SMILES string of the molecule is CC=CCn1cc(-c2ccc(C(=O)NC3CC3)cc2)c2cc[nH]c2c1=O. The van der Waals surface area contributed by atoms with Gasteiger partial charge in [-0.2, -0.15) is 0 Å². The number of fused-ring (bicyclic) bond motifs is 1. The second-order valence-electron chi connectivity index (χ2n) is 6.66. The molecule has 0 atom stereocenters. The molecule has 1 amide bonds. The number of aromatic nitrogens is 2. The Morgan fingerprint density at radius 3 is 2.73 bits per heavy atom. The molecule has 0 radical (unpaired) electrons. The maximum absolute atomic E-state index is 12.6. The zero-order chi connectivity index (χ0) is 18.1. The zero-order valence-electron chi connectivity index (χ0n) is 14.7. The molecular formula is C21H21N3O2. The summed E-state index contributed by atoms with van der Waals surface area (Å²) in [6, 6.07) is 9.82. The van der Waals surface area contributed by atoms with E-state index in [4.69, 9.17) is 0 Å². The van der Waals surface area contributed by atoms with E-state index in [1.807, 2.05) is 55.6 Å². The number of H-pyrrole nitrogens is 1. The molecule has 1 aromatic carbocycles. The molecule has 5 heteroatoms. The largest absolute Gasteiger partial charge is 0.357 e. The van der Waals surface area contributed by atoms with E-state index in [2.05, 4.69) is 10.3 Å². The van der Waals surface area contributed by atoms with E-state index < -0.39 is 0 Å². The Balaban J connectivity index is 1.73. The van der Waals surface area contributed by atoms with Crippen molar-refractivity contribution in [1.82, 2.24) is 14.9 Å². The first-order chi connectivity index (χ1) is 12.7. The van der Waals surface area contributed by atoms with Crippen LogP contribution in [-0.2, 0) is 6.54 Å². The number of rotatable bonds is 5. The van der Waals surface area contributed by atoms with E-state index in [0.717, 1.165) is 29.4 Å². The Bertz CT molecular complexity index is 1040. The van der Waals surface area contributed by atoms with E-state index in [0.29, 0.717) is 23.7 Å². The summed E-state index contributed by atoms with van der Waals surface area (Å²) in [5.74, 6) is -0.0242. The molecule has 4 rings (SSSR count). The number of pyridine rings is 1. The third kappa shape index (κ3) is 3.08. The van der Waals surface area contributed by atoms with Crippen LogP contribution in [-0.4, -0.2) is 21.5 Å². The summed E-state index contributed by atoms with van der Waals surface area (Å²) < 4.78 is 1.70. The summed E-state index contributed by atoms with van der Waals surface area (Å²) in [6.45, 7) is 2.46. The summed E-state index contributed by atoms with van der Waals surface area (Å²) in [5, 5.41) is 3.89. The van der Waals surface area contributed by atoms with Crippen LogP contribution in [0.4, 0.5) is 0 Å². The number of aromatic amines is 1. The van der Waals surface area contributed by atoms with Crippen molar-refractivity contribution in [3.63, 3.8) is 0 Å². The van der Waals surface area contributed by atoms with Crippen LogP contribution >= 0.6 is 0 Å². The highest BCUT2D eigenvalue weighted by molar-refractivity contribution is 5.97. The van der Waals surface area contributed by atoms with Crippen molar-refractivity contribution in [3.8, 4) is 11.1 Å². The van der Waals surface area contributed by atoms with Gasteiger partial charge in [-0.15, -0.1) is 0 Å². The first-order valence-electron chi connectivity index (χ1n) is 8.90. The lowest BCUT2D eigenvalue weighted by Gasteiger charge is -2.10. The normalized spacial score (nSPS) is 14.2. The third-order valence-electron chi connectivity index (χ3n) is 4.71. The minimum Gasteiger partial charge on any atom is -0.357 e. The maximum Gasteiger partial charge on any atom is 0.275 e. The number of nitrogens with zero attached hydrogens (tertiary/aromatic N) is 1. The quantitative estimate of drug-likeness (QED) is 0.694. The average Bonchev–Trinajstić information content (AvgIpc) is 3.33. The predicted molar refractivity (Wildman–Crippen MR) is 103 cm³/mol. The molecule has 3 aromatic rings. The minimum atomic E-state index is -0.0349. The highest BCUT2D eigenvalue weighted by Gasteiger charge is 2.23. The Kier molecular flexibility index (Phi) is 4.21. The third-order valence-corrected chi connectivity index (χ3v) is 4.71. The molecule has 132 valence electrons. The molecule has 2 N–H and O–H groups in total. The summed E-state index contributed by atoms with van der Waals surface area (Å²) in [7, 11) is 0. The van der Waals surface area contributed by atoms with Gasteiger partial charge in [0.1, 0.15) is 5.52 Å². The number of hydrogen-bond donors (Lipinski definition) is 2. The van der Waals surface area contributed by atoms with E-state index in [1.54, 1.807) is 10.8 Å². The molecule has 2 aromatic heterocycles. The van der Waals surface area contributed by atoms with Gasteiger partial charge in [-0.1, -0.05) is 24.3 Å². The number of amides is 1. The number of carbonyl (C=O) groups excluding carboxylic acids is 1. The second kappa shape index (κ2) is 6.67. The average molecular weight is 347 g/mol. The van der Waals surface area contributed by atoms with Crippen LogP contribution in [0.3, 0.4) is 0 Å². The Morgan fingerprint density at radius 2 is 2.04 bits per heavy atom. The van der Waals surface area contributed by atoms with Gasteiger partial charge < -0.3 is 14.9 Å². The highest BCUT2D eigenvalue weighted by atomic mass is 16.1. The first-order valence-corrected chi connectivity index (χ1v) is 8.90. The lowest BCUT2D eigenvalue weighted by atomic mass is 10.0. The fraction of sp³-hybridized carbons (Fsp3) is 0.238. The van der Waals surface area contributed by atoms with Gasteiger partial charge in [0.15, 0.2) is 0 Å². The number of nitrogens with one attached hydrogen (secondary N) is 2. The van der Waals surface area contributed by atoms with Crippen LogP contribution in [0.25, 0.3) is 22.0 Å². The van der Waals surface area contributed by atoms with Crippen molar-refractivity contribution >= 4 is 16.8 Å². The zero-order valence-corrected chi connectivity index (χ0v) is 14.7. The minimum absolute atomic E-state index is 0.0242. The maximum atomic E-state index is 12.6. The van der Waals surface area contributed by atoms with Crippen molar-refractivity contribution in [3.05, 3.63) is 70.8 Å². The number of carbonyl (C=O) groups is 1. The van der Waals surface area contributed by atoms with Crippen molar-refractivity contribution in [1.29, 1.82) is 0 Å². The molecule has 2 heterocycles. The molecule has 5 nitrogen and oxygen atoms in total. The standard InChI is InChI=1S/C21H21N3O2/c1-2-3-12-24-13-18(17-10-11-22-19(17)21(24)26)14-4-6-15(7-5-14)20(25)23-16-8-9-16/h2-7,10-11,13,16,22H,8-9,12H2,1H3,(H,23,25). The van der Waals surface area contributed by atoms with Crippen LogP contribution in [0.2, 0.25) is 0 Å². The van der Waals surface area contributed by atoms with Crippen molar-refractivity contribution in [2.75, 3.05) is 0 Å². The molecule has 1 aliphatic carbocycles. The summed E-state index contributed by atoms with van der Waals surface area (Å²) >= 11 is 0. The molecular weight excluding hydrogens is 326 g/mol. The molecule has 1 fully saturated rings. The Hall–Kier alpha value is -3.08. The van der Waals surface area contributed by atoms with Gasteiger partial charge in [-0.3, -0.25) is 9.59 Å². The monoisotopic (exact) mass is 347 g/mol. The van der Waals surface area contributed by atoms with E-state index in [9.17, 15) is 9.59 Å². The van der Waals surface area contributed by atoms with Crippen LogP contribution < -0.4 is 10.9 Å². The first kappa shape index (κ1) is 16.4. The van der Waals surface area contributed by atoms with E-state index in [-0.39, 0.29) is 11.5 Å². The Morgan fingerprint density at radius 1 is 1.27 bits per heavy atom. The molecule has 0 bridgehead atoms. The van der Waals surface area contributed by atoms with Gasteiger partial charge in [0.05, 0.1) is 0 Å². The topological polar surface area (TPSA) is 66.9 Å². The van der Waals surface area contributed by atoms with E-state index >= 15 is 0 Å². The smallest absolute Gasteiger partial charge is 0.275 e. The summed E-state index contributed by atoms with van der Waals surface area (Å²) in [5.41, 5.74) is 3.18. The van der Waals surface area contributed by atoms with Crippen LogP contribution in [0.15, 0.2) is 59.7 Å². The molecule has 0 unspecified atom stereocenters. The van der Waals surface area contributed by atoms with Gasteiger partial charge in [0, 0.05) is 41.5 Å². The van der Waals surface area contributed by atoms with Crippen LogP contribution in [0.1, 0.15) is 30.1 Å². The van der Waals surface area contributed by atoms with Crippen molar-refractivity contribution in [2.24, 2.45) is 0 Å². The summed E-state index contributed by atoms with van der Waals surface area (Å²) in [6.07, 6.45) is 9.69. The highest BCUT2D eigenvalue weighted by Crippen LogP contribution is 2.27. The fourth-order valence-electron chi connectivity index (χ4n) is 3.08. The predicted octanol–water partition coefficient (Wildman–Crippen LogP) is 3.46. The fourth-order valence-corrected chi connectivity index (χ4v) is 3.08. The number of benzene rings is 1.